The van der Waals surface area contributed by atoms with E-state index in [9.17, 15) is 24.0 Å². The van der Waals surface area contributed by atoms with Gasteiger partial charge in [-0.15, -0.1) is 0 Å². The van der Waals surface area contributed by atoms with Gasteiger partial charge in [0.05, 0.1) is 6.26 Å². The fourth-order valence-electron chi connectivity index (χ4n) is 4.34. The van der Waals surface area contributed by atoms with Crippen LogP contribution < -0.4 is 4.74 Å². The van der Waals surface area contributed by atoms with E-state index in [1.54, 1.807) is 30.3 Å². The first-order chi connectivity index (χ1) is 18.9. The van der Waals surface area contributed by atoms with Crippen LogP contribution >= 0.6 is 0 Å². The van der Waals surface area contributed by atoms with Gasteiger partial charge in [-0.25, -0.2) is 0 Å². The van der Waals surface area contributed by atoms with Crippen molar-refractivity contribution in [1.82, 2.24) is 0 Å². The molecule has 7 unspecified atom stereocenters. The van der Waals surface area contributed by atoms with Crippen LogP contribution in [0.4, 0.5) is 0 Å². The molecule has 0 N–H and O–H groups in total. The molecule has 0 amide bonds. The third kappa shape index (κ3) is 8.43. The summed E-state index contributed by atoms with van der Waals surface area (Å²) in [5.74, 6) is -3.08. The number of hydrogen-bond donors (Lipinski definition) is 0. The van der Waals surface area contributed by atoms with E-state index >= 15 is 0 Å². The number of carbonyl (C=O) groups excluding carboxylic acids is 5. The number of esters is 5. The number of para-hydroxylation sites is 1. The topological polar surface area (TPSA) is 159 Å². The molecule has 0 spiro atoms. The predicted molar refractivity (Wildman–Crippen MR) is 132 cm³/mol. The Hall–Kier alpha value is -4.13. The molecule has 0 aromatic heterocycles. The van der Waals surface area contributed by atoms with Crippen molar-refractivity contribution in [2.24, 2.45) is 0 Å². The van der Waals surface area contributed by atoms with Gasteiger partial charge >= 0.3 is 29.8 Å². The molecule has 0 aliphatic carbocycles. The van der Waals surface area contributed by atoms with Gasteiger partial charge < -0.3 is 37.9 Å². The molecule has 0 bridgehead atoms. The second kappa shape index (κ2) is 13.8. The van der Waals surface area contributed by atoms with E-state index in [-0.39, 0.29) is 18.8 Å². The fraction of sp³-hybridized carbons (Fsp3) is 0.519. The van der Waals surface area contributed by atoms with Crippen LogP contribution in [0.15, 0.2) is 36.6 Å². The van der Waals surface area contributed by atoms with E-state index in [4.69, 9.17) is 37.9 Å². The van der Waals surface area contributed by atoms with Crippen LogP contribution in [-0.4, -0.2) is 73.3 Å². The number of hydrogen-bond acceptors (Lipinski definition) is 13. The molecule has 1 aromatic rings. The van der Waals surface area contributed by atoms with Crippen LogP contribution in [0.25, 0.3) is 0 Å². The van der Waals surface area contributed by atoms with Gasteiger partial charge in [0.15, 0.2) is 12.2 Å². The van der Waals surface area contributed by atoms with Crippen LogP contribution in [0.5, 0.6) is 5.75 Å². The van der Waals surface area contributed by atoms with Crippen LogP contribution in [0.3, 0.4) is 0 Å². The number of rotatable bonds is 9. The highest BCUT2D eigenvalue weighted by molar-refractivity contribution is 5.69. The predicted octanol–water partition coefficient (Wildman–Crippen LogP) is 2.06. The third-order valence-corrected chi connectivity index (χ3v) is 5.76. The first kappa shape index (κ1) is 30.4. The summed E-state index contributed by atoms with van der Waals surface area (Å²) >= 11 is 0. The molecule has 3 rings (SSSR count). The van der Waals surface area contributed by atoms with Crippen molar-refractivity contribution in [2.45, 2.75) is 84.0 Å². The van der Waals surface area contributed by atoms with Crippen LogP contribution in [0.1, 0.15) is 52.7 Å². The molecule has 1 fully saturated rings. The average molecular weight is 565 g/mol. The van der Waals surface area contributed by atoms with Crippen LogP contribution in [-0.2, 0) is 57.1 Å². The monoisotopic (exact) mass is 564 g/mol. The van der Waals surface area contributed by atoms with Crippen LogP contribution in [0, 0.1) is 0 Å². The summed E-state index contributed by atoms with van der Waals surface area (Å²) in [7, 11) is 0. The zero-order chi connectivity index (χ0) is 29.4. The van der Waals surface area contributed by atoms with E-state index in [1.165, 1.54) is 20.1 Å². The molecule has 2 aliphatic rings. The van der Waals surface area contributed by atoms with Crippen molar-refractivity contribution in [3.05, 3.63) is 42.2 Å². The molecule has 13 nitrogen and oxygen atoms in total. The summed E-state index contributed by atoms with van der Waals surface area (Å²) in [5, 5.41) is 0. The Morgan fingerprint density at radius 2 is 1.38 bits per heavy atom. The first-order valence-corrected chi connectivity index (χ1v) is 12.5. The third-order valence-electron chi connectivity index (χ3n) is 5.76. The Labute approximate surface area is 230 Å². The van der Waals surface area contributed by atoms with Crippen molar-refractivity contribution in [1.29, 1.82) is 0 Å². The fourth-order valence-corrected chi connectivity index (χ4v) is 4.34. The number of benzene rings is 1. The molecule has 0 radical (unpaired) electrons. The molecule has 40 heavy (non-hydrogen) atoms. The number of carbonyl (C=O) groups is 5. The minimum absolute atomic E-state index is 0.255. The maximum absolute atomic E-state index is 12.1. The quantitative estimate of drug-likeness (QED) is 0.317. The highest BCUT2D eigenvalue weighted by Gasteiger charge is 2.53. The SMILES string of the molecule is CC(=O)OCC1OC(Oc2ccccc2C2CC(OC(C)=O)C=CO2)C(OC(C)=O)C(OC(C)=O)C1OC(C)=O. The van der Waals surface area contributed by atoms with Crippen molar-refractivity contribution < 1.29 is 61.9 Å². The Bertz CT molecular complexity index is 1130. The maximum atomic E-state index is 12.1. The lowest BCUT2D eigenvalue weighted by Gasteiger charge is -2.44. The molecule has 2 heterocycles. The Kier molecular flexibility index (Phi) is 10.5. The van der Waals surface area contributed by atoms with Crippen molar-refractivity contribution in [3.8, 4) is 5.75 Å². The summed E-state index contributed by atoms with van der Waals surface area (Å²) in [6, 6.07) is 6.78. The highest BCUT2D eigenvalue weighted by atomic mass is 16.7. The van der Waals surface area contributed by atoms with Crippen molar-refractivity contribution in [3.63, 3.8) is 0 Å². The lowest BCUT2D eigenvalue weighted by Crippen LogP contribution is -2.63. The van der Waals surface area contributed by atoms with Gasteiger partial charge in [0, 0.05) is 46.6 Å². The molecule has 7 atom stereocenters. The maximum Gasteiger partial charge on any atom is 0.303 e. The Morgan fingerprint density at radius 3 is 2.00 bits per heavy atom. The first-order valence-electron chi connectivity index (χ1n) is 12.5. The van der Waals surface area contributed by atoms with E-state index in [1.807, 2.05) is 0 Å². The summed E-state index contributed by atoms with van der Waals surface area (Å²) in [6.07, 6.45) is -4.45. The van der Waals surface area contributed by atoms with Gasteiger partial charge in [0.1, 0.15) is 30.7 Å². The smallest absolute Gasteiger partial charge is 0.303 e. The Morgan fingerprint density at radius 1 is 0.775 bits per heavy atom. The van der Waals surface area contributed by atoms with E-state index in [0.29, 0.717) is 5.56 Å². The van der Waals surface area contributed by atoms with Gasteiger partial charge in [-0.05, 0) is 12.1 Å². The van der Waals surface area contributed by atoms with Gasteiger partial charge in [-0.3, -0.25) is 24.0 Å². The van der Waals surface area contributed by atoms with Gasteiger partial charge in [0.2, 0.25) is 12.4 Å². The normalized spacial score (nSPS) is 27.4. The van der Waals surface area contributed by atoms with E-state index in [2.05, 4.69) is 0 Å². The van der Waals surface area contributed by atoms with Crippen LogP contribution in [0.2, 0.25) is 0 Å². The molecular weight excluding hydrogens is 532 g/mol. The molecular formula is C27H32O13. The summed E-state index contributed by atoms with van der Waals surface area (Å²) in [6.45, 7) is 5.50. The summed E-state index contributed by atoms with van der Waals surface area (Å²) in [4.78, 5) is 59.1. The van der Waals surface area contributed by atoms with Gasteiger partial charge in [-0.2, -0.15) is 0 Å². The second-order valence-corrected chi connectivity index (χ2v) is 9.06. The van der Waals surface area contributed by atoms with E-state index in [0.717, 1.165) is 20.8 Å². The molecule has 2 aliphatic heterocycles. The minimum Gasteiger partial charge on any atom is -0.493 e. The Balaban J connectivity index is 1.98. The highest BCUT2D eigenvalue weighted by Crippen LogP contribution is 2.37. The molecule has 218 valence electrons. The molecule has 13 heteroatoms. The van der Waals surface area contributed by atoms with Crippen molar-refractivity contribution in [2.75, 3.05) is 6.61 Å². The molecule has 1 aromatic carbocycles. The standard InChI is InChI=1S/C27H32O13/c1-14(28)34-13-23-24(36-16(3)30)25(37-17(4)31)26(38-18(5)32)27(40-23)39-21-9-7-6-8-20(21)22-12-19(10-11-33-22)35-15(2)29/h6-11,19,22-27H,12-13H2,1-5H3. The molecule has 1 saturated heterocycles. The second-order valence-electron chi connectivity index (χ2n) is 9.06. The largest absolute Gasteiger partial charge is 0.493 e. The number of ether oxygens (including phenoxy) is 8. The summed E-state index contributed by atoms with van der Waals surface area (Å²) < 4.78 is 44.6. The van der Waals surface area contributed by atoms with Crippen molar-refractivity contribution >= 4 is 29.8 Å². The molecule has 0 saturated carbocycles. The average Bonchev–Trinajstić information content (AvgIpc) is 2.85. The van der Waals surface area contributed by atoms with Gasteiger partial charge in [0.25, 0.3) is 0 Å². The lowest BCUT2D eigenvalue weighted by molar-refractivity contribution is -0.288. The summed E-state index contributed by atoms with van der Waals surface area (Å²) in [5.41, 5.74) is 0.553. The van der Waals surface area contributed by atoms with E-state index < -0.39 is 72.8 Å². The van der Waals surface area contributed by atoms with Gasteiger partial charge in [-0.1, -0.05) is 18.2 Å². The zero-order valence-corrected chi connectivity index (χ0v) is 22.7. The lowest BCUT2D eigenvalue weighted by atomic mass is 9.97. The minimum atomic E-state index is -1.41. The zero-order valence-electron chi connectivity index (χ0n) is 22.7.